The lowest BCUT2D eigenvalue weighted by atomic mass is 10.1. The standard InChI is InChI=1S/C24H33N5O2.ClH/c1-3-5-6-7-8-12-17-25-19-20-15-16-22(23(18-20)30-4-2)31-24-26-27-28-29(24)21-13-10-9-11-14-21;/h9-11,13-16,18,25H,3-8,12,17,19H2,1-2H3;1H. The molecule has 0 aliphatic carbocycles. The fraction of sp³-hybridized carbons (Fsp3) is 0.458. The van der Waals surface area contributed by atoms with E-state index in [9.17, 15) is 0 Å². The van der Waals surface area contributed by atoms with Gasteiger partial charge in [0, 0.05) is 6.54 Å². The SMILES string of the molecule is CCCCCCCCNCc1ccc(Oc2nnnn2-c2ccccc2)c(OCC)c1.Cl. The summed E-state index contributed by atoms with van der Waals surface area (Å²) in [6, 6.07) is 15.9. The zero-order valence-corrected chi connectivity index (χ0v) is 19.8. The maximum Gasteiger partial charge on any atom is 0.346 e. The van der Waals surface area contributed by atoms with Gasteiger partial charge in [-0.3, -0.25) is 0 Å². The Morgan fingerprint density at radius 2 is 1.69 bits per heavy atom. The van der Waals surface area contributed by atoms with E-state index in [0.717, 1.165) is 24.3 Å². The first-order valence-electron chi connectivity index (χ1n) is 11.3. The van der Waals surface area contributed by atoms with Gasteiger partial charge in [0.1, 0.15) is 0 Å². The highest BCUT2D eigenvalue weighted by molar-refractivity contribution is 5.85. The predicted octanol–water partition coefficient (Wildman–Crippen LogP) is 5.73. The number of nitrogens with one attached hydrogen (secondary N) is 1. The van der Waals surface area contributed by atoms with Gasteiger partial charge in [0.15, 0.2) is 11.5 Å². The molecule has 1 N–H and O–H groups in total. The van der Waals surface area contributed by atoms with E-state index >= 15 is 0 Å². The Bertz CT molecular complexity index is 904. The van der Waals surface area contributed by atoms with Gasteiger partial charge in [-0.1, -0.05) is 68.4 Å². The van der Waals surface area contributed by atoms with Crippen LogP contribution in [0, 0.1) is 0 Å². The van der Waals surface area contributed by atoms with Crippen LogP contribution in [-0.4, -0.2) is 33.4 Å². The fourth-order valence-corrected chi connectivity index (χ4v) is 3.35. The number of nitrogens with zero attached hydrogens (tertiary/aromatic N) is 4. The van der Waals surface area contributed by atoms with Gasteiger partial charge in [0.2, 0.25) is 0 Å². The quantitative estimate of drug-likeness (QED) is 0.310. The van der Waals surface area contributed by atoms with Crippen LogP contribution in [0.1, 0.15) is 57.9 Å². The normalized spacial score (nSPS) is 10.6. The van der Waals surface area contributed by atoms with Crippen LogP contribution in [0.2, 0.25) is 0 Å². The minimum absolute atomic E-state index is 0. The fourth-order valence-electron chi connectivity index (χ4n) is 3.35. The molecule has 0 aliphatic rings. The van der Waals surface area contributed by atoms with E-state index in [1.165, 1.54) is 38.5 Å². The summed E-state index contributed by atoms with van der Waals surface area (Å²) in [5.74, 6) is 1.28. The molecule has 0 bridgehead atoms. The number of hydrogen-bond donors (Lipinski definition) is 1. The van der Waals surface area contributed by atoms with E-state index in [4.69, 9.17) is 9.47 Å². The minimum Gasteiger partial charge on any atom is -0.490 e. The molecular formula is C24H34ClN5O2. The van der Waals surface area contributed by atoms with Gasteiger partial charge in [0.05, 0.1) is 12.3 Å². The lowest BCUT2D eigenvalue weighted by molar-refractivity contribution is 0.315. The zero-order valence-electron chi connectivity index (χ0n) is 19.0. The largest absolute Gasteiger partial charge is 0.490 e. The molecule has 0 fully saturated rings. The molecule has 3 rings (SSSR count). The average molecular weight is 460 g/mol. The van der Waals surface area contributed by atoms with Crippen LogP contribution in [0.3, 0.4) is 0 Å². The number of rotatable bonds is 14. The van der Waals surface area contributed by atoms with Crippen molar-refractivity contribution in [1.29, 1.82) is 0 Å². The van der Waals surface area contributed by atoms with Crippen molar-refractivity contribution in [3.63, 3.8) is 0 Å². The smallest absolute Gasteiger partial charge is 0.346 e. The molecule has 0 spiro atoms. The van der Waals surface area contributed by atoms with Crippen LogP contribution in [0.5, 0.6) is 17.5 Å². The summed E-state index contributed by atoms with van der Waals surface area (Å²) in [7, 11) is 0. The van der Waals surface area contributed by atoms with Crippen LogP contribution in [0.25, 0.3) is 5.69 Å². The van der Waals surface area contributed by atoms with Gasteiger partial charge in [0.25, 0.3) is 0 Å². The lowest BCUT2D eigenvalue weighted by Gasteiger charge is -2.13. The van der Waals surface area contributed by atoms with Crippen molar-refractivity contribution in [3.8, 4) is 23.2 Å². The molecule has 8 heteroatoms. The Balaban J connectivity index is 0.00000363. The van der Waals surface area contributed by atoms with Crippen LogP contribution in [-0.2, 0) is 6.54 Å². The third-order valence-corrected chi connectivity index (χ3v) is 4.99. The van der Waals surface area contributed by atoms with Gasteiger partial charge in [-0.25, -0.2) is 0 Å². The summed E-state index contributed by atoms with van der Waals surface area (Å²) < 4.78 is 13.4. The molecule has 1 aromatic heterocycles. The summed E-state index contributed by atoms with van der Waals surface area (Å²) in [6.07, 6.45) is 7.83. The van der Waals surface area contributed by atoms with Gasteiger partial charge in [-0.2, -0.15) is 4.68 Å². The molecule has 0 amide bonds. The second kappa shape index (κ2) is 14.4. The third-order valence-electron chi connectivity index (χ3n) is 4.99. The van der Waals surface area contributed by atoms with Gasteiger partial charge in [-0.15, -0.1) is 12.4 Å². The van der Waals surface area contributed by atoms with Gasteiger partial charge >= 0.3 is 6.01 Å². The maximum absolute atomic E-state index is 6.01. The predicted molar refractivity (Wildman–Crippen MR) is 129 cm³/mol. The highest BCUT2D eigenvalue weighted by Crippen LogP contribution is 2.32. The zero-order chi connectivity index (χ0) is 21.7. The number of unbranched alkanes of at least 4 members (excludes halogenated alkanes) is 5. The first-order valence-corrected chi connectivity index (χ1v) is 11.3. The second-order valence-electron chi connectivity index (χ2n) is 7.47. The molecule has 2 aromatic carbocycles. The van der Waals surface area contributed by atoms with Crippen LogP contribution in [0.4, 0.5) is 0 Å². The Morgan fingerprint density at radius 1 is 0.906 bits per heavy atom. The molecule has 0 saturated carbocycles. The molecule has 32 heavy (non-hydrogen) atoms. The van der Waals surface area contributed by atoms with Crippen LogP contribution < -0.4 is 14.8 Å². The van der Waals surface area contributed by atoms with E-state index in [1.807, 2.05) is 55.5 Å². The Labute approximate surface area is 196 Å². The highest BCUT2D eigenvalue weighted by atomic mass is 35.5. The topological polar surface area (TPSA) is 74.1 Å². The minimum atomic E-state index is 0. The Morgan fingerprint density at radius 3 is 2.47 bits per heavy atom. The summed E-state index contributed by atoms with van der Waals surface area (Å²) in [4.78, 5) is 0. The van der Waals surface area contributed by atoms with Crippen molar-refractivity contribution in [2.75, 3.05) is 13.2 Å². The van der Waals surface area contributed by atoms with Crippen molar-refractivity contribution >= 4 is 12.4 Å². The number of benzene rings is 2. The first kappa shape index (κ1) is 25.6. The number of halogens is 1. The molecule has 0 radical (unpaired) electrons. The van der Waals surface area contributed by atoms with E-state index in [2.05, 4.69) is 27.8 Å². The van der Waals surface area contributed by atoms with Crippen molar-refractivity contribution < 1.29 is 9.47 Å². The molecule has 3 aromatic rings. The van der Waals surface area contributed by atoms with Gasteiger partial charge < -0.3 is 14.8 Å². The molecule has 0 unspecified atom stereocenters. The molecular weight excluding hydrogens is 426 g/mol. The maximum atomic E-state index is 6.01. The van der Waals surface area contributed by atoms with Gasteiger partial charge in [-0.05, 0) is 60.1 Å². The monoisotopic (exact) mass is 459 g/mol. The molecule has 0 aliphatic heterocycles. The molecule has 174 valence electrons. The number of ether oxygens (including phenoxy) is 2. The van der Waals surface area contributed by atoms with E-state index in [0.29, 0.717) is 24.1 Å². The number of aromatic nitrogens is 4. The lowest BCUT2D eigenvalue weighted by Crippen LogP contribution is -2.14. The number of hydrogen-bond acceptors (Lipinski definition) is 6. The summed E-state index contributed by atoms with van der Waals surface area (Å²) in [6.45, 7) is 6.59. The van der Waals surface area contributed by atoms with Crippen LogP contribution >= 0.6 is 12.4 Å². The van der Waals surface area contributed by atoms with Crippen molar-refractivity contribution in [3.05, 3.63) is 54.1 Å². The average Bonchev–Trinajstić information content (AvgIpc) is 3.26. The second-order valence-corrected chi connectivity index (χ2v) is 7.47. The highest BCUT2D eigenvalue weighted by Gasteiger charge is 2.14. The van der Waals surface area contributed by atoms with Crippen molar-refractivity contribution in [1.82, 2.24) is 25.5 Å². The number of para-hydroxylation sites is 1. The summed E-state index contributed by atoms with van der Waals surface area (Å²) >= 11 is 0. The van der Waals surface area contributed by atoms with E-state index in [-0.39, 0.29) is 12.4 Å². The summed E-state index contributed by atoms with van der Waals surface area (Å²) in [5.41, 5.74) is 1.99. The number of tetrazole rings is 1. The summed E-state index contributed by atoms with van der Waals surface area (Å²) in [5, 5.41) is 15.3. The molecule has 1 heterocycles. The van der Waals surface area contributed by atoms with Crippen molar-refractivity contribution in [2.24, 2.45) is 0 Å². The van der Waals surface area contributed by atoms with E-state index in [1.54, 1.807) is 4.68 Å². The van der Waals surface area contributed by atoms with Crippen LogP contribution in [0.15, 0.2) is 48.5 Å². The molecule has 7 nitrogen and oxygen atoms in total. The first-order chi connectivity index (χ1) is 15.3. The van der Waals surface area contributed by atoms with E-state index < -0.39 is 0 Å². The third kappa shape index (κ3) is 7.80. The molecule has 0 saturated heterocycles. The molecule has 0 atom stereocenters. The Kier molecular flexibility index (Phi) is 11.6. The Hall–Kier alpha value is -2.64. The van der Waals surface area contributed by atoms with Crippen molar-refractivity contribution in [2.45, 2.75) is 58.9 Å².